The van der Waals surface area contributed by atoms with Crippen molar-refractivity contribution in [3.8, 4) is 5.75 Å². The molecule has 0 unspecified atom stereocenters. The summed E-state index contributed by atoms with van der Waals surface area (Å²) < 4.78 is 5.99. The van der Waals surface area contributed by atoms with Crippen molar-refractivity contribution in [3.05, 3.63) is 58.9 Å². The number of piperidine rings is 1. The van der Waals surface area contributed by atoms with E-state index < -0.39 is 0 Å². The predicted molar refractivity (Wildman–Crippen MR) is 126 cm³/mol. The highest BCUT2D eigenvalue weighted by Crippen LogP contribution is 2.37. The van der Waals surface area contributed by atoms with Gasteiger partial charge in [-0.15, -0.1) is 0 Å². The number of hydrogen-bond donors (Lipinski definition) is 1. The Morgan fingerprint density at radius 3 is 2.58 bits per heavy atom. The minimum atomic E-state index is -0.173. The van der Waals surface area contributed by atoms with E-state index in [1.807, 2.05) is 17.0 Å². The van der Waals surface area contributed by atoms with Crippen molar-refractivity contribution >= 4 is 23.4 Å². The number of para-hydroxylation sites is 1. The van der Waals surface area contributed by atoms with Gasteiger partial charge < -0.3 is 19.6 Å². The van der Waals surface area contributed by atoms with Crippen LogP contribution < -0.4 is 4.74 Å². The van der Waals surface area contributed by atoms with E-state index in [4.69, 9.17) is 16.3 Å². The summed E-state index contributed by atoms with van der Waals surface area (Å²) in [5, 5.41) is 10.6. The number of rotatable bonds is 2. The first kappa shape index (κ1) is 23.5. The summed E-state index contributed by atoms with van der Waals surface area (Å²) in [6.07, 6.45) is 5.61. The number of aliphatic hydroxyl groups excluding tert-OH is 1. The van der Waals surface area contributed by atoms with Crippen molar-refractivity contribution in [2.75, 3.05) is 39.4 Å². The third-order valence-electron chi connectivity index (χ3n) is 6.80. The normalized spacial score (nSPS) is 19.3. The van der Waals surface area contributed by atoms with Crippen LogP contribution in [0.3, 0.4) is 0 Å². The first-order chi connectivity index (χ1) is 16.0. The van der Waals surface area contributed by atoms with Gasteiger partial charge in [0, 0.05) is 32.4 Å². The lowest BCUT2D eigenvalue weighted by Gasteiger charge is -2.41. The quantitative estimate of drug-likeness (QED) is 0.722. The Hall–Kier alpha value is -2.64. The molecule has 176 valence electrons. The number of benzene rings is 1. The van der Waals surface area contributed by atoms with Crippen LogP contribution in [0.1, 0.15) is 53.0 Å². The number of aromatic nitrogens is 1. The zero-order valence-electron chi connectivity index (χ0n) is 18.7. The predicted octanol–water partition coefficient (Wildman–Crippen LogP) is 3.65. The maximum absolute atomic E-state index is 13.2. The number of halogens is 1. The standard InChI is InChI=1S/C25H30ClN3O4/c26-19-7-8-21(27-17-19)24(32)28-12-4-3-9-25(18-30)10-13-29(14-11-25)23(31)20-5-1-2-6-22(20)33-16-15-28/h1-2,5-8,17,30H,3-4,9-16,18H2. The van der Waals surface area contributed by atoms with Gasteiger partial charge in [0.05, 0.1) is 17.1 Å². The highest BCUT2D eigenvalue weighted by molar-refractivity contribution is 6.30. The van der Waals surface area contributed by atoms with Crippen molar-refractivity contribution in [1.29, 1.82) is 0 Å². The number of ether oxygens (including phenoxy) is 1. The van der Waals surface area contributed by atoms with Gasteiger partial charge in [0.15, 0.2) is 0 Å². The minimum Gasteiger partial charge on any atom is -0.491 e. The lowest BCUT2D eigenvalue weighted by Crippen LogP contribution is -2.44. The third kappa shape index (κ3) is 5.47. The molecule has 0 spiro atoms. The number of amides is 2. The molecule has 4 heterocycles. The fourth-order valence-corrected chi connectivity index (χ4v) is 4.77. The molecule has 0 radical (unpaired) electrons. The lowest BCUT2D eigenvalue weighted by molar-refractivity contribution is 0.0297. The van der Waals surface area contributed by atoms with E-state index in [0.717, 1.165) is 32.1 Å². The molecule has 3 aliphatic heterocycles. The van der Waals surface area contributed by atoms with Crippen LogP contribution in [-0.2, 0) is 0 Å². The van der Waals surface area contributed by atoms with Crippen molar-refractivity contribution in [3.63, 3.8) is 0 Å². The van der Waals surface area contributed by atoms with Crippen molar-refractivity contribution in [2.24, 2.45) is 5.41 Å². The number of pyridine rings is 1. The molecule has 2 aromatic rings. The molecule has 0 atom stereocenters. The molecular formula is C25H30ClN3O4. The van der Waals surface area contributed by atoms with Crippen LogP contribution in [0.5, 0.6) is 5.75 Å². The molecule has 0 aliphatic carbocycles. The SMILES string of the molecule is O=C(c1ccc(Cl)cn1)N1CCCCC2(CO)CCN(CC2)C(=O)c2ccccc2OCC1. The fraction of sp³-hybridized carbons (Fsp3) is 0.480. The Morgan fingerprint density at radius 1 is 1.06 bits per heavy atom. The summed E-state index contributed by atoms with van der Waals surface area (Å²) in [7, 11) is 0. The van der Waals surface area contributed by atoms with Crippen LogP contribution in [0.25, 0.3) is 0 Å². The highest BCUT2D eigenvalue weighted by atomic mass is 35.5. The van der Waals surface area contributed by atoms with E-state index in [-0.39, 0.29) is 30.4 Å². The van der Waals surface area contributed by atoms with E-state index in [1.54, 1.807) is 29.2 Å². The Kier molecular flexibility index (Phi) is 7.50. The molecular weight excluding hydrogens is 442 g/mol. The Morgan fingerprint density at radius 2 is 1.85 bits per heavy atom. The van der Waals surface area contributed by atoms with Gasteiger partial charge in [-0.05, 0) is 55.4 Å². The second-order valence-electron chi connectivity index (χ2n) is 8.91. The number of fused-ring (bicyclic) bond motifs is 9. The number of carbonyl (C=O) groups excluding carboxylic acids is 2. The molecule has 1 N–H and O–H groups in total. The molecule has 1 aromatic carbocycles. The Labute approximate surface area is 199 Å². The molecule has 5 rings (SSSR count). The maximum atomic E-state index is 13.2. The third-order valence-corrected chi connectivity index (χ3v) is 7.03. The van der Waals surface area contributed by atoms with Crippen molar-refractivity contribution in [2.45, 2.75) is 32.1 Å². The van der Waals surface area contributed by atoms with Crippen LogP contribution in [0.4, 0.5) is 0 Å². The molecule has 7 nitrogen and oxygen atoms in total. The first-order valence-electron chi connectivity index (χ1n) is 11.5. The molecule has 1 aromatic heterocycles. The summed E-state index contributed by atoms with van der Waals surface area (Å²) in [6.45, 7) is 2.58. The monoisotopic (exact) mass is 471 g/mol. The second-order valence-corrected chi connectivity index (χ2v) is 9.34. The van der Waals surface area contributed by atoms with Crippen LogP contribution in [0.2, 0.25) is 5.02 Å². The second kappa shape index (κ2) is 10.5. The summed E-state index contributed by atoms with van der Waals surface area (Å²) in [6, 6.07) is 10.5. The van der Waals surface area contributed by atoms with Crippen LogP contribution in [0, 0.1) is 5.41 Å². The van der Waals surface area contributed by atoms with E-state index in [2.05, 4.69) is 4.98 Å². The fourth-order valence-electron chi connectivity index (χ4n) is 4.66. The molecule has 33 heavy (non-hydrogen) atoms. The van der Waals surface area contributed by atoms with Crippen LogP contribution in [-0.4, -0.2) is 71.1 Å². The average Bonchev–Trinajstić information content (AvgIpc) is 2.86. The topological polar surface area (TPSA) is 83.0 Å². The van der Waals surface area contributed by atoms with E-state index in [1.165, 1.54) is 6.20 Å². The average molecular weight is 472 g/mol. The van der Waals surface area contributed by atoms with Gasteiger partial charge >= 0.3 is 0 Å². The number of aliphatic hydroxyl groups is 1. The zero-order chi connectivity index (χ0) is 23.3. The summed E-state index contributed by atoms with van der Waals surface area (Å²) >= 11 is 5.92. The minimum absolute atomic E-state index is 0.0506. The molecule has 3 aliphatic rings. The van der Waals surface area contributed by atoms with Gasteiger partial charge in [0.2, 0.25) is 0 Å². The lowest BCUT2D eigenvalue weighted by atomic mass is 9.75. The van der Waals surface area contributed by atoms with Gasteiger partial charge in [-0.1, -0.05) is 30.2 Å². The number of carbonyl (C=O) groups is 2. The summed E-state index contributed by atoms with van der Waals surface area (Å²) in [4.78, 5) is 34.1. The highest BCUT2D eigenvalue weighted by Gasteiger charge is 2.36. The number of nitrogens with zero attached hydrogens (tertiary/aromatic N) is 3. The van der Waals surface area contributed by atoms with Crippen LogP contribution >= 0.6 is 11.6 Å². The molecule has 8 heteroatoms. The number of hydrogen-bond acceptors (Lipinski definition) is 5. The van der Waals surface area contributed by atoms with Crippen molar-refractivity contribution < 1.29 is 19.4 Å². The molecule has 2 bridgehead atoms. The summed E-state index contributed by atoms with van der Waals surface area (Å²) in [5.41, 5.74) is 0.701. The van der Waals surface area contributed by atoms with E-state index in [9.17, 15) is 14.7 Å². The largest absolute Gasteiger partial charge is 0.491 e. The van der Waals surface area contributed by atoms with Crippen molar-refractivity contribution in [1.82, 2.24) is 14.8 Å². The van der Waals surface area contributed by atoms with Crippen LogP contribution in [0.15, 0.2) is 42.6 Å². The van der Waals surface area contributed by atoms with Gasteiger partial charge in [-0.2, -0.15) is 0 Å². The molecule has 1 fully saturated rings. The zero-order valence-corrected chi connectivity index (χ0v) is 19.5. The smallest absolute Gasteiger partial charge is 0.272 e. The molecule has 0 saturated carbocycles. The van der Waals surface area contributed by atoms with E-state index >= 15 is 0 Å². The van der Waals surface area contributed by atoms with E-state index in [0.29, 0.717) is 48.2 Å². The van der Waals surface area contributed by atoms with Gasteiger partial charge in [0.1, 0.15) is 18.1 Å². The van der Waals surface area contributed by atoms with Gasteiger partial charge in [-0.3, -0.25) is 9.59 Å². The molecule has 1 saturated heterocycles. The first-order valence-corrected chi connectivity index (χ1v) is 11.9. The maximum Gasteiger partial charge on any atom is 0.272 e. The molecule has 2 amide bonds. The Balaban J connectivity index is 1.57. The van der Waals surface area contributed by atoms with Gasteiger partial charge in [0.25, 0.3) is 11.8 Å². The Bertz CT molecular complexity index is 974. The summed E-state index contributed by atoms with van der Waals surface area (Å²) in [5.74, 6) is 0.298. The van der Waals surface area contributed by atoms with Gasteiger partial charge in [-0.25, -0.2) is 4.98 Å².